The zero-order valence-corrected chi connectivity index (χ0v) is 35.5. The molecular weight excluding hydrogens is 793 g/mol. The number of ether oxygens (including phenoxy) is 4. The third-order valence-corrected chi connectivity index (χ3v) is 10.7. The molecule has 5 rings (SSSR count). The second-order valence-corrected chi connectivity index (χ2v) is 17.8. The van der Waals surface area contributed by atoms with Crippen molar-refractivity contribution >= 4 is 52.4 Å². The molecule has 316 valence electrons. The molecule has 2 aliphatic rings. The van der Waals surface area contributed by atoms with E-state index in [-0.39, 0.29) is 58.8 Å². The van der Waals surface area contributed by atoms with Crippen LogP contribution in [0.4, 0.5) is 14.9 Å². The predicted molar refractivity (Wildman–Crippen MR) is 218 cm³/mol. The van der Waals surface area contributed by atoms with Gasteiger partial charge in [-0.3, -0.25) is 19.7 Å². The van der Waals surface area contributed by atoms with Crippen LogP contribution in [0, 0.1) is 12.3 Å². The number of amides is 4. The molecule has 1 aromatic heterocycles. The van der Waals surface area contributed by atoms with Crippen LogP contribution in [0.25, 0.3) is 10.4 Å². The van der Waals surface area contributed by atoms with Gasteiger partial charge >= 0.3 is 6.09 Å². The molecule has 58 heavy (non-hydrogen) atoms. The summed E-state index contributed by atoms with van der Waals surface area (Å²) in [6.45, 7) is 13.2. The Morgan fingerprint density at radius 2 is 1.71 bits per heavy atom. The van der Waals surface area contributed by atoms with Gasteiger partial charge in [-0.25, -0.2) is 14.2 Å². The second kappa shape index (κ2) is 18.6. The fourth-order valence-electron chi connectivity index (χ4n) is 6.21. The summed E-state index contributed by atoms with van der Waals surface area (Å²) >= 11 is 7.79. The summed E-state index contributed by atoms with van der Waals surface area (Å²) in [5.74, 6) is -1.03. The lowest BCUT2D eigenvalue weighted by Gasteiger charge is -2.35. The van der Waals surface area contributed by atoms with Crippen LogP contribution in [0.2, 0.25) is 5.02 Å². The van der Waals surface area contributed by atoms with Gasteiger partial charge in [0.2, 0.25) is 11.8 Å². The van der Waals surface area contributed by atoms with E-state index in [4.69, 9.17) is 30.5 Å². The number of thiazole rings is 1. The lowest BCUT2D eigenvalue weighted by Crippen LogP contribution is -2.59. The number of β-amino-alcohol motifs (C(OH)–C–C–N with tert-alkyl or cyclic N) is 1. The molecule has 1 aliphatic carbocycles. The number of carbonyl (C=O) groups excluding carboxylic acids is 4. The average Bonchev–Trinajstić information content (AvgIpc) is 3.54. The number of likely N-dealkylation sites (tertiary alicyclic amines) is 1. The van der Waals surface area contributed by atoms with Gasteiger partial charge in [0.15, 0.2) is 5.67 Å². The van der Waals surface area contributed by atoms with E-state index in [0.29, 0.717) is 27.8 Å². The van der Waals surface area contributed by atoms with Gasteiger partial charge in [0.05, 0.1) is 40.4 Å². The van der Waals surface area contributed by atoms with E-state index >= 15 is 0 Å². The van der Waals surface area contributed by atoms with Crippen LogP contribution >= 0.6 is 22.9 Å². The smallest absolute Gasteiger partial charge is 0.412 e. The van der Waals surface area contributed by atoms with Crippen molar-refractivity contribution < 1.29 is 47.6 Å². The topological polar surface area (TPSA) is 178 Å². The zero-order chi connectivity index (χ0) is 42.4. The first-order valence-electron chi connectivity index (χ1n) is 19.2. The van der Waals surface area contributed by atoms with Crippen molar-refractivity contribution in [3.63, 3.8) is 0 Å². The average molecular weight is 846 g/mol. The van der Waals surface area contributed by atoms with Gasteiger partial charge in [0.1, 0.15) is 42.4 Å². The predicted octanol–water partition coefficient (Wildman–Crippen LogP) is 6.20. The molecule has 2 heterocycles. The first-order chi connectivity index (χ1) is 27.2. The Labute approximate surface area is 347 Å². The molecule has 2 fully saturated rings. The van der Waals surface area contributed by atoms with Crippen molar-refractivity contribution in [2.24, 2.45) is 5.41 Å². The minimum absolute atomic E-state index is 0.00401. The van der Waals surface area contributed by atoms with Crippen LogP contribution < -0.4 is 25.4 Å². The number of rotatable bonds is 16. The van der Waals surface area contributed by atoms with E-state index in [0.717, 1.165) is 16.1 Å². The van der Waals surface area contributed by atoms with Gasteiger partial charge in [-0.1, -0.05) is 44.5 Å². The van der Waals surface area contributed by atoms with E-state index < -0.39 is 58.7 Å². The number of carbonyl (C=O) groups is 4. The van der Waals surface area contributed by atoms with Crippen molar-refractivity contribution in [3.8, 4) is 21.9 Å². The Balaban J connectivity index is 1.18. The molecule has 17 heteroatoms. The summed E-state index contributed by atoms with van der Waals surface area (Å²) in [6.07, 6.45) is -1.36. The number of aliphatic hydroxyl groups is 1. The standard InChI is InChI=1S/C41H53ClFN5O9S/c1-24-33(58-23-45-24)25-8-9-26(21-44-35(50)30-20-28(49)22-48(30)36(51)34(39(2,3)4)47-37(52)41(43)12-13-41)31(18-25)55-16-14-54-15-17-56-32-19-27(10-11-29(32)42)46-38(53)57-40(5,6)7/h8-11,18-19,23,28,30,34,49H,12-17,20-22H2,1-7H3,(H,44,50)(H,46,53)(H,47,52)/t28-,30+,34-/m1/s1. The quantitative estimate of drug-likeness (QED) is 0.121. The fraction of sp³-hybridized carbons (Fsp3) is 0.537. The fourth-order valence-corrected chi connectivity index (χ4v) is 7.18. The van der Waals surface area contributed by atoms with Gasteiger partial charge in [-0.05, 0) is 69.7 Å². The second-order valence-electron chi connectivity index (χ2n) is 16.5. The molecule has 1 saturated carbocycles. The molecule has 3 aromatic rings. The van der Waals surface area contributed by atoms with Crippen molar-refractivity contribution in [2.45, 2.75) is 104 Å². The van der Waals surface area contributed by atoms with Gasteiger partial charge in [-0.2, -0.15) is 0 Å². The third-order valence-electron chi connectivity index (χ3n) is 9.42. The maximum Gasteiger partial charge on any atom is 0.412 e. The van der Waals surface area contributed by atoms with E-state index in [9.17, 15) is 28.7 Å². The number of aliphatic hydroxyl groups excluding tert-OH is 1. The minimum atomic E-state index is -1.98. The van der Waals surface area contributed by atoms with Gasteiger partial charge in [-0.15, -0.1) is 11.3 Å². The number of halogens is 2. The summed E-state index contributed by atoms with van der Waals surface area (Å²) in [5.41, 5.74) is 1.19. The maximum absolute atomic E-state index is 14.6. The number of nitrogens with zero attached hydrogens (tertiary/aromatic N) is 2. The SMILES string of the molecule is Cc1ncsc1-c1ccc(CNC(=O)[C@@H]2C[C@@H](O)CN2C(=O)[C@@H](NC(=O)C2(F)CC2)C(C)(C)C)c(OCCOCCOc2cc(NC(=O)OC(C)(C)C)ccc2Cl)c1. The molecule has 4 N–H and O–H groups in total. The summed E-state index contributed by atoms with van der Waals surface area (Å²) < 4.78 is 37.6. The minimum Gasteiger partial charge on any atom is -0.491 e. The molecule has 14 nitrogen and oxygen atoms in total. The lowest BCUT2D eigenvalue weighted by molar-refractivity contribution is -0.145. The molecule has 3 atom stereocenters. The molecule has 0 spiro atoms. The lowest BCUT2D eigenvalue weighted by atomic mass is 9.85. The third kappa shape index (κ3) is 12.0. The number of hydrogen-bond acceptors (Lipinski definition) is 11. The van der Waals surface area contributed by atoms with E-state index in [2.05, 4.69) is 20.9 Å². The molecule has 0 bridgehead atoms. The number of aromatic nitrogens is 1. The molecule has 4 amide bonds. The number of nitrogens with one attached hydrogen (secondary N) is 3. The number of hydrogen-bond donors (Lipinski definition) is 4. The normalized spacial score (nSPS) is 17.9. The highest BCUT2D eigenvalue weighted by Crippen LogP contribution is 2.40. The number of benzene rings is 2. The Hall–Kier alpha value is -4.51. The summed E-state index contributed by atoms with van der Waals surface area (Å²) in [7, 11) is 0. The van der Waals surface area contributed by atoms with Crippen molar-refractivity contribution in [1.82, 2.24) is 20.5 Å². The highest BCUT2D eigenvalue weighted by Gasteiger charge is 2.53. The Morgan fingerprint density at radius 3 is 2.33 bits per heavy atom. The number of anilines is 1. The van der Waals surface area contributed by atoms with Crippen LogP contribution in [-0.4, -0.2) is 101 Å². The first-order valence-corrected chi connectivity index (χ1v) is 20.4. The zero-order valence-electron chi connectivity index (χ0n) is 33.9. The van der Waals surface area contributed by atoms with Gasteiger partial charge in [0, 0.05) is 36.8 Å². The van der Waals surface area contributed by atoms with Crippen LogP contribution in [0.3, 0.4) is 0 Å². The van der Waals surface area contributed by atoms with Gasteiger partial charge < -0.3 is 39.6 Å². The molecule has 0 radical (unpaired) electrons. The van der Waals surface area contributed by atoms with E-state index in [1.165, 1.54) is 16.2 Å². The molecular formula is C41H53ClFN5O9S. The van der Waals surface area contributed by atoms with Crippen LogP contribution in [0.15, 0.2) is 41.9 Å². The number of aryl methyl sites for hydroxylation is 1. The Bertz CT molecular complexity index is 1960. The monoisotopic (exact) mass is 845 g/mol. The summed E-state index contributed by atoms with van der Waals surface area (Å²) in [5, 5.41) is 19.1. The maximum atomic E-state index is 14.6. The Morgan fingerprint density at radius 1 is 1.02 bits per heavy atom. The highest BCUT2D eigenvalue weighted by atomic mass is 35.5. The van der Waals surface area contributed by atoms with Gasteiger partial charge in [0.25, 0.3) is 5.91 Å². The van der Waals surface area contributed by atoms with E-state index in [1.807, 2.05) is 25.1 Å². The van der Waals surface area contributed by atoms with Crippen molar-refractivity contribution in [3.05, 3.63) is 58.2 Å². The van der Waals surface area contributed by atoms with Crippen molar-refractivity contribution in [2.75, 3.05) is 38.3 Å². The highest BCUT2D eigenvalue weighted by molar-refractivity contribution is 7.13. The first kappa shape index (κ1) is 44.6. The van der Waals surface area contributed by atoms with Crippen LogP contribution in [0.5, 0.6) is 11.5 Å². The van der Waals surface area contributed by atoms with E-state index in [1.54, 1.807) is 65.3 Å². The van der Waals surface area contributed by atoms with Crippen molar-refractivity contribution in [1.29, 1.82) is 0 Å². The van der Waals surface area contributed by atoms with Crippen LogP contribution in [-0.2, 0) is 30.4 Å². The Kier molecular flexibility index (Phi) is 14.3. The summed E-state index contributed by atoms with van der Waals surface area (Å²) in [4.78, 5) is 58.9. The van der Waals surface area contributed by atoms with Crippen LogP contribution in [0.1, 0.15) is 72.1 Å². The molecule has 0 unspecified atom stereocenters. The molecule has 2 aromatic carbocycles. The molecule has 1 aliphatic heterocycles. The number of alkyl halides is 1. The molecule has 1 saturated heterocycles. The largest absolute Gasteiger partial charge is 0.491 e. The summed E-state index contributed by atoms with van der Waals surface area (Å²) in [6, 6.07) is 8.34.